The first-order chi connectivity index (χ1) is 7.74. The van der Waals surface area contributed by atoms with Gasteiger partial charge in [0.05, 0.1) is 5.02 Å². The van der Waals surface area contributed by atoms with E-state index in [1.54, 1.807) is 12.4 Å². The number of nitrogens with one attached hydrogen (secondary N) is 1. The van der Waals surface area contributed by atoms with Crippen LogP contribution in [-0.2, 0) is 6.54 Å². The molecule has 0 aromatic carbocycles. The molecule has 1 rings (SSSR count). The van der Waals surface area contributed by atoms with Gasteiger partial charge in [-0.15, -0.1) is 0 Å². The summed E-state index contributed by atoms with van der Waals surface area (Å²) in [5.41, 5.74) is 1.12. The van der Waals surface area contributed by atoms with Gasteiger partial charge in [-0.1, -0.05) is 18.5 Å². The molecule has 4 heteroatoms. The minimum atomic E-state index is 0.531. The van der Waals surface area contributed by atoms with Crippen molar-refractivity contribution in [2.45, 2.75) is 32.9 Å². The molecule has 0 radical (unpaired) electrons. The van der Waals surface area contributed by atoms with Crippen LogP contribution in [0.25, 0.3) is 0 Å². The number of halogens is 1. The van der Waals surface area contributed by atoms with Gasteiger partial charge < -0.3 is 5.32 Å². The van der Waals surface area contributed by atoms with E-state index in [0.717, 1.165) is 17.1 Å². The van der Waals surface area contributed by atoms with Crippen LogP contribution in [0.3, 0.4) is 0 Å². The van der Waals surface area contributed by atoms with Crippen LogP contribution in [0.5, 0.6) is 0 Å². The van der Waals surface area contributed by atoms with Crippen LogP contribution < -0.4 is 5.32 Å². The number of aromatic nitrogens is 1. The lowest BCUT2D eigenvalue weighted by Crippen LogP contribution is -2.26. The Morgan fingerprint density at radius 1 is 1.56 bits per heavy atom. The van der Waals surface area contributed by atoms with Crippen LogP contribution >= 0.6 is 23.4 Å². The summed E-state index contributed by atoms with van der Waals surface area (Å²) in [6.45, 7) is 5.23. The number of thioether (sulfide) groups is 1. The smallest absolute Gasteiger partial charge is 0.0634 e. The van der Waals surface area contributed by atoms with Gasteiger partial charge in [0.2, 0.25) is 0 Å². The largest absolute Gasteiger partial charge is 0.310 e. The molecule has 2 nitrogen and oxygen atoms in total. The SMILES string of the molecule is CCSCCC(C)NCc1ccncc1Cl. The van der Waals surface area contributed by atoms with Crippen molar-refractivity contribution in [3.05, 3.63) is 29.0 Å². The standard InChI is InChI=1S/C12H19ClN2S/c1-3-16-7-5-10(2)15-8-11-4-6-14-9-12(11)13/h4,6,9-10,15H,3,5,7-8H2,1-2H3. The Balaban J connectivity index is 2.26. The van der Waals surface area contributed by atoms with Gasteiger partial charge in [-0.3, -0.25) is 4.98 Å². The molecule has 1 atom stereocenters. The van der Waals surface area contributed by atoms with E-state index in [1.165, 1.54) is 17.9 Å². The molecule has 16 heavy (non-hydrogen) atoms. The topological polar surface area (TPSA) is 24.9 Å². The van der Waals surface area contributed by atoms with Crippen LogP contribution in [0.2, 0.25) is 5.02 Å². The van der Waals surface area contributed by atoms with Gasteiger partial charge >= 0.3 is 0 Å². The summed E-state index contributed by atoms with van der Waals surface area (Å²) in [6, 6.07) is 2.49. The predicted molar refractivity (Wildman–Crippen MR) is 73.2 cm³/mol. The van der Waals surface area contributed by atoms with E-state index in [4.69, 9.17) is 11.6 Å². The Morgan fingerprint density at radius 2 is 2.38 bits per heavy atom. The first-order valence-electron chi connectivity index (χ1n) is 5.63. The van der Waals surface area contributed by atoms with Crippen LogP contribution in [0, 0.1) is 0 Å². The number of hydrogen-bond acceptors (Lipinski definition) is 3. The van der Waals surface area contributed by atoms with E-state index in [-0.39, 0.29) is 0 Å². The summed E-state index contributed by atoms with van der Waals surface area (Å²) in [6.07, 6.45) is 4.66. The molecule has 0 amide bonds. The molecule has 1 aromatic rings. The Labute approximate surface area is 107 Å². The van der Waals surface area contributed by atoms with Gasteiger partial charge in [0.25, 0.3) is 0 Å². The van der Waals surface area contributed by atoms with Crippen LogP contribution in [0.1, 0.15) is 25.8 Å². The van der Waals surface area contributed by atoms with Crippen molar-refractivity contribution in [1.29, 1.82) is 0 Å². The van der Waals surface area contributed by atoms with Crippen LogP contribution in [-0.4, -0.2) is 22.5 Å². The molecule has 0 saturated carbocycles. The van der Waals surface area contributed by atoms with Crippen molar-refractivity contribution >= 4 is 23.4 Å². The lowest BCUT2D eigenvalue weighted by Gasteiger charge is -2.13. The molecule has 1 heterocycles. The second kappa shape index (κ2) is 7.93. The molecule has 0 spiro atoms. The first-order valence-corrected chi connectivity index (χ1v) is 7.16. The normalized spacial score (nSPS) is 12.7. The number of rotatable bonds is 7. The maximum absolute atomic E-state index is 6.03. The zero-order chi connectivity index (χ0) is 11.8. The lowest BCUT2D eigenvalue weighted by atomic mass is 10.2. The number of pyridine rings is 1. The maximum Gasteiger partial charge on any atom is 0.0634 e. The van der Waals surface area contributed by atoms with Crippen LogP contribution in [0.15, 0.2) is 18.5 Å². The van der Waals surface area contributed by atoms with Gasteiger partial charge in [0.1, 0.15) is 0 Å². The van der Waals surface area contributed by atoms with E-state index in [2.05, 4.69) is 24.1 Å². The second-order valence-corrected chi connectivity index (χ2v) is 5.54. The molecule has 1 unspecified atom stereocenters. The van der Waals surface area contributed by atoms with Crippen molar-refractivity contribution in [1.82, 2.24) is 10.3 Å². The zero-order valence-electron chi connectivity index (χ0n) is 9.87. The molecule has 0 aliphatic carbocycles. The quantitative estimate of drug-likeness (QED) is 0.760. The van der Waals surface area contributed by atoms with Crippen molar-refractivity contribution in [2.75, 3.05) is 11.5 Å². The molecule has 0 saturated heterocycles. The van der Waals surface area contributed by atoms with Gasteiger partial charge in [-0.05, 0) is 36.5 Å². The molecule has 0 aliphatic rings. The third-order valence-electron chi connectivity index (χ3n) is 2.40. The Kier molecular flexibility index (Phi) is 6.85. The Hall–Kier alpha value is -0.250. The highest BCUT2D eigenvalue weighted by Gasteiger charge is 2.03. The molecule has 90 valence electrons. The monoisotopic (exact) mass is 258 g/mol. The van der Waals surface area contributed by atoms with Crippen LogP contribution in [0.4, 0.5) is 0 Å². The fourth-order valence-corrected chi connectivity index (χ4v) is 2.33. The third-order valence-corrected chi connectivity index (χ3v) is 3.67. The van der Waals surface area contributed by atoms with Crippen molar-refractivity contribution in [2.24, 2.45) is 0 Å². The minimum absolute atomic E-state index is 0.531. The second-order valence-electron chi connectivity index (χ2n) is 3.73. The summed E-state index contributed by atoms with van der Waals surface area (Å²) >= 11 is 8.01. The fourth-order valence-electron chi connectivity index (χ4n) is 1.34. The van der Waals surface area contributed by atoms with E-state index in [9.17, 15) is 0 Å². The third kappa shape index (κ3) is 5.19. The molecule has 0 fully saturated rings. The summed E-state index contributed by atoms with van der Waals surface area (Å²) in [4.78, 5) is 3.97. The van der Waals surface area contributed by atoms with E-state index < -0.39 is 0 Å². The fraction of sp³-hybridized carbons (Fsp3) is 0.583. The highest BCUT2D eigenvalue weighted by atomic mass is 35.5. The summed E-state index contributed by atoms with van der Waals surface area (Å²) in [5.74, 6) is 2.41. The predicted octanol–water partition coefficient (Wildman–Crippen LogP) is 3.36. The molecule has 1 N–H and O–H groups in total. The molecule has 0 bridgehead atoms. The number of nitrogens with zero attached hydrogens (tertiary/aromatic N) is 1. The van der Waals surface area contributed by atoms with E-state index in [1.807, 2.05) is 17.8 Å². The van der Waals surface area contributed by atoms with Crippen molar-refractivity contribution in [3.8, 4) is 0 Å². The van der Waals surface area contributed by atoms with E-state index >= 15 is 0 Å². The first kappa shape index (κ1) is 13.8. The van der Waals surface area contributed by atoms with Crippen molar-refractivity contribution in [3.63, 3.8) is 0 Å². The minimum Gasteiger partial charge on any atom is -0.310 e. The average molecular weight is 259 g/mol. The lowest BCUT2D eigenvalue weighted by molar-refractivity contribution is 0.537. The van der Waals surface area contributed by atoms with Gasteiger partial charge in [-0.25, -0.2) is 0 Å². The highest BCUT2D eigenvalue weighted by molar-refractivity contribution is 7.99. The van der Waals surface area contributed by atoms with Gasteiger partial charge in [-0.2, -0.15) is 11.8 Å². The highest BCUT2D eigenvalue weighted by Crippen LogP contribution is 2.13. The molecule has 0 aliphatic heterocycles. The van der Waals surface area contributed by atoms with Gasteiger partial charge in [0, 0.05) is 25.0 Å². The molecule has 1 aromatic heterocycles. The molecular formula is C12H19ClN2S. The van der Waals surface area contributed by atoms with Crippen molar-refractivity contribution < 1.29 is 0 Å². The Bertz CT molecular complexity index is 307. The van der Waals surface area contributed by atoms with Gasteiger partial charge in [0.15, 0.2) is 0 Å². The average Bonchev–Trinajstić information content (AvgIpc) is 2.28. The zero-order valence-corrected chi connectivity index (χ0v) is 11.4. The number of hydrogen-bond donors (Lipinski definition) is 1. The van der Waals surface area contributed by atoms with E-state index in [0.29, 0.717) is 6.04 Å². The maximum atomic E-state index is 6.03. The summed E-state index contributed by atoms with van der Waals surface area (Å²) < 4.78 is 0. The summed E-state index contributed by atoms with van der Waals surface area (Å²) in [7, 11) is 0. The molecular weight excluding hydrogens is 240 g/mol. The Morgan fingerprint density at radius 3 is 3.06 bits per heavy atom. The summed E-state index contributed by atoms with van der Waals surface area (Å²) in [5, 5.41) is 4.21.